The van der Waals surface area contributed by atoms with Gasteiger partial charge in [-0.25, -0.2) is 14.3 Å². The summed E-state index contributed by atoms with van der Waals surface area (Å²) < 4.78 is 56.6. The highest BCUT2D eigenvalue weighted by Gasteiger charge is 2.57. The number of hydrogen-bond donors (Lipinski definition) is 3. The van der Waals surface area contributed by atoms with Crippen LogP contribution in [-0.4, -0.2) is 146 Å². The number of piperidine rings is 1. The second-order valence-corrected chi connectivity index (χ2v) is 22.8. The highest BCUT2D eigenvalue weighted by Crippen LogP contribution is 2.45. The Balaban J connectivity index is 1.47. The average molecular weight is 1020 g/mol. The fraction of sp³-hybridized carbons (Fsp3) is 0.731. The average Bonchev–Trinajstić information content (AvgIpc) is 3.32. The van der Waals surface area contributed by atoms with Crippen LogP contribution in [0.15, 0.2) is 47.6 Å². The van der Waals surface area contributed by atoms with E-state index < -0.39 is 112 Å². The first-order valence-electron chi connectivity index (χ1n) is 25.3. The lowest BCUT2D eigenvalue weighted by atomic mass is 9.68. The molecular weight excluding hydrogens is 939 g/mol. The van der Waals surface area contributed by atoms with Gasteiger partial charge in [-0.1, -0.05) is 69.7 Å². The smallest absolute Gasteiger partial charge is 0.422 e. The topological polar surface area (TPSA) is 242 Å². The molecule has 18 nitrogen and oxygen atoms in total. The molecule has 0 aromatic heterocycles. The van der Waals surface area contributed by atoms with Gasteiger partial charge < -0.3 is 38.8 Å². The van der Waals surface area contributed by atoms with Crippen LogP contribution in [0.2, 0.25) is 0 Å². The molecule has 71 heavy (non-hydrogen) atoms. The number of aliphatic hydroxyl groups is 2. The second kappa shape index (κ2) is 25.2. The molecule has 5 rings (SSSR count). The number of rotatable bonds is 7. The quantitative estimate of drug-likeness (QED) is 0.166. The van der Waals surface area contributed by atoms with Crippen molar-refractivity contribution in [2.45, 2.75) is 167 Å². The number of hydrogen-bond acceptors (Lipinski definition) is 15. The summed E-state index contributed by atoms with van der Waals surface area (Å²) in [5.74, 6) is -9.13. The maximum atomic E-state index is 14.5. The molecule has 1 saturated carbocycles. The third-order valence-corrected chi connectivity index (χ3v) is 16.8. The number of nitrogens with zero attached hydrogens (tertiary/aromatic N) is 2. The van der Waals surface area contributed by atoms with Gasteiger partial charge in [0.05, 0.1) is 12.2 Å². The summed E-state index contributed by atoms with van der Waals surface area (Å²) in [6, 6.07) is -1.20. The standard InChI is InChI=1S/C52H79N3O15S/c1-30-15-12-11-13-16-31(2)25-33(4)45(57)47(67-10)46(58)34(5)26-32(3)40(56)29-42-39(27-36-20-23-41(43(28-36)66-9)69-51(62)53-71(64,65)54(7)8)38-17-14-24-55(44(38)50(61)68-42)49(60)48(59)52(63)35(6)19-22-37(70-52)21-18-30/h11-13,15-16,26,31-33,35-39,41-44,46-47,58,63H,14,17-25,27-29H2,1-10H3,(H,53,62)/b12-11+,16-13+,30-15+,34-26+/t31-,32-,33?,35?,36?,37-,38?,39+,41-,42+,43?,44?,46?,47+,52?/m1/s1. The van der Waals surface area contributed by atoms with Crippen molar-refractivity contribution in [3.63, 3.8) is 0 Å². The van der Waals surface area contributed by atoms with Crippen molar-refractivity contribution in [2.75, 3.05) is 34.9 Å². The Morgan fingerprint density at radius 1 is 0.930 bits per heavy atom. The maximum Gasteiger partial charge on any atom is 0.422 e. The lowest BCUT2D eigenvalue weighted by molar-refractivity contribution is -0.263. The van der Waals surface area contributed by atoms with E-state index >= 15 is 0 Å². The van der Waals surface area contributed by atoms with Crippen LogP contribution in [0.3, 0.4) is 0 Å². The molecule has 8 unspecified atom stereocenters. The minimum absolute atomic E-state index is 0.0204. The number of carbonyl (C=O) groups excluding carboxylic acids is 6. The lowest BCUT2D eigenvalue weighted by Gasteiger charge is -2.50. The summed E-state index contributed by atoms with van der Waals surface area (Å²) in [4.78, 5) is 85.1. The molecule has 19 heteroatoms. The van der Waals surface area contributed by atoms with Crippen molar-refractivity contribution >= 4 is 45.5 Å². The van der Waals surface area contributed by atoms with E-state index in [0.29, 0.717) is 76.2 Å². The highest BCUT2D eigenvalue weighted by molar-refractivity contribution is 7.87. The zero-order valence-electron chi connectivity index (χ0n) is 43.2. The summed E-state index contributed by atoms with van der Waals surface area (Å²) in [5, 5.41) is 23.5. The van der Waals surface area contributed by atoms with Crippen LogP contribution < -0.4 is 4.72 Å². The molecule has 0 radical (unpaired) electrons. The molecule has 4 fully saturated rings. The summed E-state index contributed by atoms with van der Waals surface area (Å²) in [7, 11) is 1.24. The number of methoxy groups -OCH3 is 2. The van der Waals surface area contributed by atoms with Crippen molar-refractivity contribution in [1.82, 2.24) is 13.9 Å². The Labute approximate surface area is 420 Å². The molecule has 5 aliphatic rings. The summed E-state index contributed by atoms with van der Waals surface area (Å²) in [5.41, 5.74) is 1.39. The number of fused-ring (bicyclic) bond motifs is 4. The Bertz CT molecular complexity index is 2170. The number of allylic oxidation sites excluding steroid dienone is 7. The van der Waals surface area contributed by atoms with Crippen LogP contribution in [0, 0.1) is 41.4 Å². The fourth-order valence-corrected chi connectivity index (χ4v) is 11.5. The number of carbonyl (C=O) groups is 6. The van der Waals surface area contributed by atoms with Crippen molar-refractivity contribution in [3.05, 3.63) is 47.6 Å². The molecule has 0 spiro atoms. The zero-order valence-corrected chi connectivity index (χ0v) is 44.1. The molecule has 1 aliphatic carbocycles. The van der Waals surface area contributed by atoms with Gasteiger partial charge in [0.25, 0.3) is 11.7 Å². The SMILES string of the molecule is COC1CC(C[C@H]2C3CCCN4C(=O)C(=O)C5(O)O[C@H](CC/C(C)=C/C=C/C=C/[C@@H](C)CC(C)C(=O)[C@H](OC)C(O)/C(C)=C/[C@@H](C)C(=O)C[C@@H]2OC(=O)C34)CCC5C)CC[C@H]1OC(=O)NS(=O)(=O)N(C)C. The Morgan fingerprint density at radius 3 is 2.32 bits per heavy atom. The van der Waals surface area contributed by atoms with E-state index in [-0.39, 0.29) is 36.4 Å². The van der Waals surface area contributed by atoms with Gasteiger partial charge in [-0.3, -0.25) is 19.2 Å². The Hall–Kier alpha value is -4.11. The Morgan fingerprint density at radius 2 is 1.65 bits per heavy atom. The first kappa shape index (κ1) is 57.8. The van der Waals surface area contributed by atoms with Gasteiger partial charge in [0.1, 0.15) is 36.2 Å². The van der Waals surface area contributed by atoms with Crippen LogP contribution >= 0.6 is 0 Å². The van der Waals surface area contributed by atoms with Gasteiger partial charge in [-0.15, -0.1) is 0 Å². The number of nitrogens with one attached hydrogen (secondary N) is 1. The molecule has 2 amide bonds. The molecule has 4 bridgehead atoms. The van der Waals surface area contributed by atoms with Crippen molar-refractivity contribution < 1.29 is 71.1 Å². The first-order chi connectivity index (χ1) is 33.4. The van der Waals surface area contributed by atoms with Crippen molar-refractivity contribution in [2.24, 2.45) is 41.4 Å². The second-order valence-electron chi connectivity index (χ2n) is 21.0. The lowest BCUT2D eigenvalue weighted by Crippen LogP contribution is -2.65. The number of amides is 2. The third-order valence-electron chi connectivity index (χ3n) is 15.5. The van der Waals surface area contributed by atoms with Crippen LogP contribution in [0.1, 0.15) is 119 Å². The number of aliphatic hydroxyl groups excluding tert-OH is 1. The Kier molecular flexibility index (Phi) is 20.5. The predicted molar refractivity (Wildman–Crippen MR) is 262 cm³/mol. The third kappa shape index (κ3) is 14.4. The number of ether oxygens (including phenoxy) is 5. The normalized spacial score (nSPS) is 39.2. The van der Waals surface area contributed by atoms with E-state index in [9.17, 15) is 47.4 Å². The minimum Gasteiger partial charge on any atom is -0.460 e. The van der Waals surface area contributed by atoms with Crippen molar-refractivity contribution in [3.8, 4) is 0 Å². The van der Waals surface area contributed by atoms with Crippen LogP contribution in [0.25, 0.3) is 0 Å². The van der Waals surface area contributed by atoms with Gasteiger partial charge in [-0.05, 0) is 108 Å². The molecule has 15 atom stereocenters. The van der Waals surface area contributed by atoms with Crippen molar-refractivity contribution in [1.29, 1.82) is 0 Å². The molecule has 4 aliphatic heterocycles. The largest absolute Gasteiger partial charge is 0.460 e. The van der Waals surface area contributed by atoms with E-state index in [0.717, 1.165) is 9.88 Å². The summed E-state index contributed by atoms with van der Waals surface area (Å²) in [6.45, 7) is 10.8. The van der Waals surface area contributed by atoms with E-state index in [1.807, 2.05) is 48.9 Å². The van der Waals surface area contributed by atoms with Crippen LogP contribution in [-0.2, 0) is 57.9 Å². The molecule has 3 N–H and O–H groups in total. The molecular formula is C52H79N3O15S. The maximum absolute atomic E-state index is 14.5. The van der Waals surface area contributed by atoms with E-state index in [2.05, 4.69) is 0 Å². The highest BCUT2D eigenvalue weighted by atomic mass is 32.2. The molecule has 3 saturated heterocycles. The first-order valence-corrected chi connectivity index (χ1v) is 26.7. The molecule has 0 aromatic rings. The van der Waals surface area contributed by atoms with Gasteiger partial charge in [0.2, 0.25) is 5.79 Å². The number of esters is 1. The van der Waals surface area contributed by atoms with Gasteiger partial charge in [-0.2, -0.15) is 12.7 Å². The number of Topliss-reactive ketones (excluding diaryl/α,β-unsaturated/α-hetero) is 3. The van der Waals surface area contributed by atoms with E-state index in [4.69, 9.17) is 23.7 Å². The van der Waals surface area contributed by atoms with E-state index in [1.165, 1.54) is 33.2 Å². The van der Waals surface area contributed by atoms with E-state index in [1.54, 1.807) is 33.8 Å². The predicted octanol–water partition coefficient (Wildman–Crippen LogP) is 5.32. The zero-order chi connectivity index (χ0) is 52.5. The molecule has 398 valence electrons. The minimum atomic E-state index is -4.12. The fourth-order valence-electron chi connectivity index (χ4n) is 11.1. The van der Waals surface area contributed by atoms with Gasteiger partial charge in [0, 0.05) is 65.0 Å². The van der Waals surface area contributed by atoms with Gasteiger partial charge in [0.15, 0.2) is 5.78 Å². The monoisotopic (exact) mass is 1020 g/mol. The summed E-state index contributed by atoms with van der Waals surface area (Å²) in [6.07, 6.45) is 9.46. The van der Waals surface area contributed by atoms with Gasteiger partial charge >= 0.3 is 22.3 Å². The number of ketones is 3. The molecule has 4 heterocycles. The van der Waals surface area contributed by atoms with Crippen LogP contribution in [0.4, 0.5) is 4.79 Å². The van der Waals surface area contributed by atoms with Crippen LogP contribution in [0.5, 0.6) is 0 Å². The summed E-state index contributed by atoms with van der Waals surface area (Å²) >= 11 is 0. The molecule has 0 aromatic carbocycles.